The van der Waals surface area contributed by atoms with Gasteiger partial charge in [-0.15, -0.1) is 0 Å². The Bertz CT molecular complexity index is 628. The van der Waals surface area contributed by atoms with Gasteiger partial charge in [-0.1, -0.05) is 36.4 Å². The SMILES string of the molecule is CO[C@H]1OC2CO[C@@H](c3ccccc3)OC2C2=CCOC(C)(C)O[C@H]21. The Balaban J connectivity index is 1.61. The molecule has 3 aliphatic rings. The van der Waals surface area contributed by atoms with Gasteiger partial charge in [0.1, 0.15) is 18.3 Å². The molecule has 6 nitrogen and oxygen atoms in total. The second kappa shape index (κ2) is 6.79. The van der Waals surface area contributed by atoms with Crippen molar-refractivity contribution >= 4 is 0 Å². The van der Waals surface area contributed by atoms with Gasteiger partial charge in [-0.3, -0.25) is 0 Å². The van der Waals surface area contributed by atoms with Crippen LogP contribution in [0.15, 0.2) is 42.0 Å². The van der Waals surface area contributed by atoms with Crippen LogP contribution in [0, 0.1) is 0 Å². The lowest BCUT2D eigenvalue weighted by Crippen LogP contribution is -2.56. The third kappa shape index (κ3) is 3.38. The smallest absolute Gasteiger partial charge is 0.188 e. The average molecular weight is 348 g/mol. The number of hydrogen-bond donors (Lipinski definition) is 0. The van der Waals surface area contributed by atoms with Crippen LogP contribution in [0.25, 0.3) is 0 Å². The molecule has 0 radical (unpaired) electrons. The average Bonchev–Trinajstić information content (AvgIpc) is 2.79. The largest absolute Gasteiger partial charge is 0.353 e. The van der Waals surface area contributed by atoms with Crippen molar-refractivity contribution in [2.24, 2.45) is 0 Å². The molecule has 6 heteroatoms. The molecule has 2 saturated heterocycles. The van der Waals surface area contributed by atoms with E-state index in [1.807, 2.05) is 50.3 Å². The zero-order valence-electron chi connectivity index (χ0n) is 14.7. The van der Waals surface area contributed by atoms with Gasteiger partial charge < -0.3 is 28.4 Å². The lowest BCUT2D eigenvalue weighted by molar-refractivity contribution is -0.337. The molecule has 0 aromatic heterocycles. The summed E-state index contributed by atoms with van der Waals surface area (Å²) in [7, 11) is 1.61. The number of ether oxygens (including phenoxy) is 6. The fraction of sp³-hybridized carbons (Fsp3) is 0.579. The number of rotatable bonds is 2. The van der Waals surface area contributed by atoms with Crippen LogP contribution in [-0.4, -0.2) is 50.7 Å². The Kier molecular flexibility index (Phi) is 4.66. The van der Waals surface area contributed by atoms with E-state index in [4.69, 9.17) is 28.4 Å². The van der Waals surface area contributed by atoms with E-state index in [0.29, 0.717) is 13.2 Å². The van der Waals surface area contributed by atoms with Gasteiger partial charge in [0.15, 0.2) is 18.4 Å². The van der Waals surface area contributed by atoms with E-state index in [-0.39, 0.29) is 18.3 Å². The van der Waals surface area contributed by atoms with Crippen molar-refractivity contribution < 1.29 is 28.4 Å². The van der Waals surface area contributed by atoms with Crippen LogP contribution in [0.3, 0.4) is 0 Å². The van der Waals surface area contributed by atoms with Crippen molar-refractivity contribution in [1.82, 2.24) is 0 Å². The summed E-state index contributed by atoms with van der Waals surface area (Å²) >= 11 is 0. The Morgan fingerprint density at radius 3 is 2.64 bits per heavy atom. The fourth-order valence-corrected chi connectivity index (χ4v) is 3.49. The van der Waals surface area contributed by atoms with Gasteiger partial charge in [0.25, 0.3) is 0 Å². The molecule has 1 aromatic carbocycles. The summed E-state index contributed by atoms with van der Waals surface area (Å²) in [6.45, 7) is 4.66. The van der Waals surface area contributed by atoms with Crippen LogP contribution in [0.5, 0.6) is 0 Å². The van der Waals surface area contributed by atoms with Crippen molar-refractivity contribution in [2.45, 2.75) is 50.5 Å². The summed E-state index contributed by atoms with van der Waals surface area (Å²) in [6, 6.07) is 9.90. The lowest BCUT2D eigenvalue weighted by atomic mass is 9.94. The summed E-state index contributed by atoms with van der Waals surface area (Å²) in [6.07, 6.45) is 0.208. The van der Waals surface area contributed by atoms with Crippen molar-refractivity contribution in [1.29, 1.82) is 0 Å². The van der Waals surface area contributed by atoms with Crippen LogP contribution in [0.1, 0.15) is 25.7 Å². The van der Waals surface area contributed by atoms with Gasteiger partial charge in [-0.05, 0) is 19.4 Å². The minimum atomic E-state index is -0.722. The molecule has 0 N–H and O–H groups in total. The van der Waals surface area contributed by atoms with Crippen LogP contribution in [0.4, 0.5) is 0 Å². The first-order valence-electron chi connectivity index (χ1n) is 8.59. The Hall–Kier alpha value is -1.28. The summed E-state index contributed by atoms with van der Waals surface area (Å²) in [5, 5.41) is 0. The molecule has 0 bridgehead atoms. The first-order valence-corrected chi connectivity index (χ1v) is 8.59. The van der Waals surface area contributed by atoms with E-state index >= 15 is 0 Å². The summed E-state index contributed by atoms with van der Waals surface area (Å²) in [5.74, 6) is -0.722. The molecule has 4 rings (SSSR count). The van der Waals surface area contributed by atoms with Crippen LogP contribution in [-0.2, 0) is 28.4 Å². The van der Waals surface area contributed by atoms with Crippen LogP contribution < -0.4 is 0 Å². The third-order valence-electron chi connectivity index (χ3n) is 4.70. The Labute approximate surface area is 147 Å². The van der Waals surface area contributed by atoms with Crippen molar-refractivity contribution in [2.75, 3.05) is 20.3 Å². The Morgan fingerprint density at radius 2 is 1.88 bits per heavy atom. The number of benzene rings is 1. The summed E-state index contributed by atoms with van der Waals surface area (Å²) in [4.78, 5) is 0. The lowest BCUT2D eigenvalue weighted by Gasteiger charge is -2.46. The minimum absolute atomic E-state index is 0.239. The fourth-order valence-electron chi connectivity index (χ4n) is 3.49. The molecule has 1 aromatic rings. The molecule has 0 aliphatic carbocycles. The maximum Gasteiger partial charge on any atom is 0.188 e. The highest BCUT2D eigenvalue weighted by Crippen LogP contribution is 2.40. The molecule has 25 heavy (non-hydrogen) atoms. The zero-order chi connectivity index (χ0) is 17.4. The molecular formula is C19H24O6. The molecule has 2 fully saturated rings. The Morgan fingerprint density at radius 1 is 1.08 bits per heavy atom. The first-order chi connectivity index (χ1) is 12.1. The topological polar surface area (TPSA) is 55.4 Å². The molecule has 3 heterocycles. The second-order valence-electron chi connectivity index (χ2n) is 6.86. The van der Waals surface area contributed by atoms with Gasteiger partial charge in [-0.2, -0.15) is 0 Å². The predicted molar refractivity (Wildman–Crippen MR) is 88.7 cm³/mol. The standard InChI is InChI=1S/C19H24O6/c1-19(2)22-10-9-13-15-14(23-18(20-3)16(13)25-19)11-21-17(24-15)12-7-5-4-6-8-12/h4-9,14-18H,10-11H2,1-3H3/t14?,15?,16-,17-,18+/m1/s1. The maximum absolute atomic E-state index is 6.26. The van der Waals surface area contributed by atoms with E-state index in [2.05, 4.69) is 0 Å². The molecule has 5 atom stereocenters. The molecule has 3 aliphatic heterocycles. The number of fused-ring (bicyclic) bond motifs is 3. The van der Waals surface area contributed by atoms with Gasteiger partial charge in [0.05, 0.1) is 13.2 Å². The molecule has 0 amide bonds. The quantitative estimate of drug-likeness (QED) is 0.766. The van der Waals surface area contributed by atoms with Crippen LogP contribution >= 0.6 is 0 Å². The van der Waals surface area contributed by atoms with Gasteiger partial charge in [0, 0.05) is 12.7 Å². The molecule has 0 spiro atoms. The highest BCUT2D eigenvalue weighted by molar-refractivity contribution is 5.24. The van der Waals surface area contributed by atoms with Gasteiger partial charge in [0.2, 0.25) is 0 Å². The minimum Gasteiger partial charge on any atom is -0.353 e. The normalized spacial score (nSPS) is 37.4. The van der Waals surface area contributed by atoms with Gasteiger partial charge in [-0.25, -0.2) is 0 Å². The predicted octanol–water partition coefficient (Wildman–Crippen LogP) is 2.55. The number of methoxy groups -OCH3 is 1. The van der Waals surface area contributed by atoms with E-state index in [9.17, 15) is 0 Å². The first kappa shape index (κ1) is 17.1. The van der Waals surface area contributed by atoms with E-state index in [1.165, 1.54) is 0 Å². The highest BCUT2D eigenvalue weighted by Gasteiger charge is 2.49. The van der Waals surface area contributed by atoms with E-state index in [1.54, 1.807) is 7.11 Å². The highest BCUT2D eigenvalue weighted by atomic mass is 16.8. The van der Waals surface area contributed by atoms with Gasteiger partial charge >= 0.3 is 0 Å². The zero-order valence-corrected chi connectivity index (χ0v) is 14.7. The van der Waals surface area contributed by atoms with Crippen molar-refractivity contribution in [3.8, 4) is 0 Å². The second-order valence-corrected chi connectivity index (χ2v) is 6.86. The van der Waals surface area contributed by atoms with E-state index < -0.39 is 18.4 Å². The maximum atomic E-state index is 6.26. The van der Waals surface area contributed by atoms with Crippen LogP contribution in [0.2, 0.25) is 0 Å². The monoisotopic (exact) mass is 348 g/mol. The third-order valence-corrected chi connectivity index (χ3v) is 4.70. The van der Waals surface area contributed by atoms with E-state index in [0.717, 1.165) is 11.1 Å². The molecular weight excluding hydrogens is 324 g/mol. The molecule has 2 unspecified atom stereocenters. The van der Waals surface area contributed by atoms with Crippen molar-refractivity contribution in [3.63, 3.8) is 0 Å². The van der Waals surface area contributed by atoms with Crippen molar-refractivity contribution in [3.05, 3.63) is 47.5 Å². The number of hydrogen-bond acceptors (Lipinski definition) is 6. The summed E-state index contributed by atoms with van der Waals surface area (Å²) < 4.78 is 35.6. The molecule has 0 saturated carbocycles. The molecule has 136 valence electrons. The summed E-state index contributed by atoms with van der Waals surface area (Å²) in [5.41, 5.74) is 1.98.